The Morgan fingerprint density at radius 1 is 1.53 bits per heavy atom. The first-order valence-corrected chi connectivity index (χ1v) is 6.64. The zero-order valence-corrected chi connectivity index (χ0v) is 11.0. The summed E-state index contributed by atoms with van der Waals surface area (Å²) in [7, 11) is 0. The molecule has 102 valence electrons. The van der Waals surface area contributed by atoms with Crippen molar-refractivity contribution in [1.82, 2.24) is 14.7 Å². The highest BCUT2D eigenvalue weighted by Gasteiger charge is 2.47. The number of carbonyl (C=O) groups is 2. The Hall–Kier alpha value is -1.85. The maximum Gasteiger partial charge on any atom is 0.344 e. The quantitative estimate of drug-likeness (QED) is 0.822. The van der Waals surface area contributed by atoms with Crippen LogP contribution in [-0.2, 0) is 0 Å². The van der Waals surface area contributed by atoms with E-state index in [1.807, 2.05) is 4.90 Å². The summed E-state index contributed by atoms with van der Waals surface area (Å²) in [5.41, 5.74) is 5.52. The Labute approximate surface area is 111 Å². The molecule has 1 aromatic rings. The van der Waals surface area contributed by atoms with Crippen molar-refractivity contribution in [3.63, 3.8) is 0 Å². The number of amides is 2. The van der Waals surface area contributed by atoms with Crippen molar-refractivity contribution in [2.24, 2.45) is 17.1 Å². The van der Waals surface area contributed by atoms with Crippen LogP contribution >= 0.6 is 0 Å². The molecule has 19 heavy (non-hydrogen) atoms. The van der Waals surface area contributed by atoms with Crippen LogP contribution in [0.25, 0.3) is 0 Å². The van der Waals surface area contributed by atoms with Gasteiger partial charge in [-0.3, -0.25) is 4.79 Å². The molecule has 2 aliphatic rings. The van der Waals surface area contributed by atoms with Crippen molar-refractivity contribution in [1.29, 1.82) is 0 Å². The maximum absolute atomic E-state index is 12.3. The van der Waals surface area contributed by atoms with Gasteiger partial charge in [-0.2, -0.15) is 9.78 Å². The molecule has 0 spiro atoms. The van der Waals surface area contributed by atoms with Crippen LogP contribution in [0.3, 0.4) is 0 Å². The van der Waals surface area contributed by atoms with Crippen molar-refractivity contribution in [2.75, 3.05) is 13.1 Å². The standard InChI is InChI=1S/C13H18N4O2/c1-13-5-2-3-9(13)7-16(8-13)12(19)17-6-4-10(15-17)11(14)18/h4,6,9H,2-3,5,7-8H2,1H3,(H2,14,18)/t9-,13?/m0/s1. The van der Waals surface area contributed by atoms with E-state index in [1.54, 1.807) is 0 Å². The average Bonchev–Trinajstić information content (AvgIpc) is 2.99. The van der Waals surface area contributed by atoms with Crippen LogP contribution in [0.2, 0.25) is 0 Å². The van der Waals surface area contributed by atoms with Gasteiger partial charge in [0.1, 0.15) is 0 Å². The monoisotopic (exact) mass is 262 g/mol. The largest absolute Gasteiger partial charge is 0.364 e. The van der Waals surface area contributed by atoms with Gasteiger partial charge in [-0.1, -0.05) is 13.3 Å². The molecule has 0 aromatic carbocycles. The van der Waals surface area contributed by atoms with Gasteiger partial charge in [0.15, 0.2) is 5.69 Å². The molecule has 1 saturated carbocycles. The van der Waals surface area contributed by atoms with E-state index in [4.69, 9.17) is 5.73 Å². The van der Waals surface area contributed by atoms with Crippen molar-refractivity contribution < 1.29 is 9.59 Å². The van der Waals surface area contributed by atoms with Crippen LogP contribution < -0.4 is 5.73 Å². The fourth-order valence-corrected chi connectivity index (χ4v) is 3.44. The summed E-state index contributed by atoms with van der Waals surface area (Å²) in [6, 6.07) is 1.31. The van der Waals surface area contributed by atoms with Gasteiger partial charge in [0.05, 0.1) is 0 Å². The zero-order valence-electron chi connectivity index (χ0n) is 11.0. The number of carbonyl (C=O) groups excluding carboxylic acids is 2. The number of nitrogens with two attached hydrogens (primary N) is 1. The predicted octanol–water partition coefficient (Wildman–Crippen LogP) is 1.07. The third kappa shape index (κ3) is 1.91. The molecule has 2 atom stereocenters. The van der Waals surface area contributed by atoms with E-state index >= 15 is 0 Å². The van der Waals surface area contributed by atoms with E-state index in [0.29, 0.717) is 5.92 Å². The van der Waals surface area contributed by atoms with Gasteiger partial charge in [0, 0.05) is 19.3 Å². The summed E-state index contributed by atoms with van der Waals surface area (Å²) in [4.78, 5) is 25.2. The number of hydrogen-bond donors (Lipinski definition) is 1. The van der Waals surface area contributed by atoms with E-state index in [-0.39, 0.29) is 17.1 Å². The summed E-state index contributed by atoms with van der Waals surface area (Å²) >= 11 is 0. The van der Waals surface area contributed by atoms with Gasteiger partial charge < -0.3 is 10.6 Å². The third-order valence-corrected chi connectivity index (χ3v) is 4.59. The first kappa shape index (κ1) is 12.2. The van der Waals surface area contributed by atoms with E-state index < -0.39 is 5.91 Å². The van der Waals surface area contributed by atoms with Gasteiger partial charge in [0.2, 0.25) is 0 Å². The van der Waals surface area contributed by atoms with Crippen molar-refractivity contribution in [3.05, 3.63) is 18.0 Å². The number of fused-ring (bicyclic) bond motifs is 1. The lowest BCUT2D eigenvalue weighted by molar-refractivity contribution is 0.0995. The van der Waals surface area contributed by atoms with Crippen LogP contribution in [0.4, 0.5) is 4.79 Å². The Balaban J connectivity index is 1.76. The molecule has 1 unspecified atom stereocenters. The van der Waals surface area contributed by atoms with Crippen LogP contribution in [0.15, 0.2) is 12.3 Å². The summed E-state index contributed by atoms with van der Waals surface area (Å²) in [6.45, 7) is 3.83. The van der Waals surface area contributed by atoms with Crippen LogP contribution in [-0.4, -0.2) is 39.7 Å². The molecule has 0 bridgehead atoms. The molecule has 1 aromatic heterocycles. The SMILES string of the molecule is CC12CCC[C@H]1CN(C(=O)n1ccc(C(N)=O)n1)C2. The Morgan fingerprint density at radius 2 is 2.32 bits per heavy atom. The molecule has 2 amide bonds. The smallest absolute Gasteiger partial charge is 0.344 e. The first-order valence-electron chi connectivity index (χ1n) is 6.64. The minimum absolute atomic E-state index is 0.124. The summed E-state index contributed by atoms with van der Waals surface area (Å²) in [5, 5.41) is 3.92. The van der Waals surface area contributed by atoms with Crippen LogP contribution in [0.5, 0.6) is 0 Å². The molecule has 1 aliphatic heterocycles. The minimum Gasteiger partial charge on any atom is -0.364 e. The van der Waals surface area contributed by atoms with Crippen LogP contribution in [0, 0.1) is 11.3 Å². The summed E-state index contributed by atoms with van der Waals surface area (Å²) < 4.78 is 1.21. The van der Waals surface area contributed by atoms with Gasteiger partial charge in [-0.15, -0.1) is 0 Å². The summed E-state index contributed by atoms with van der Waals surface area (Å²) in [5.74, 6) is -0.0144. The number of hydrogen-bond acceptors (Lipinski definition) is 3. The second-order valence-electron chi connectivity index (χ2n) is 5.92. The number of likely N-dealkylation sites (tertiary alicyclic amines) is 1. The molecule has 6 nitrogen and oxygen atoms in total. The fourth-order valence-electron chi connectivity index (χ4n) is 3.44. The molecule has 2 heterocycles. The van der Waals surface area contributed by atoms with Gasteiger partial charge in [-0.05, 0) is 30.2 Å². The highest BCUT2D eigenvalue weighted by Crippen LogP contribution is 2.48. The lowest BCUT2D eigenvalue weighted by Crippen LogP contribution is -2.35. The molecule has 2 N–H and O–H groups in total. The number of nitrogens with zero attached hydrogens (tertiary/aromatic N) is 3. The van der Waals surface area contributed by atoms with E-state index in [2.05, 4.69) is 12.0 Å². The van der Waals surface area contributed by atoms with E-state index in [0.717, 1.165) is 13.1 Å². The molecule has 0 radical (unpaired) electrons. The van der Waals surface area contributed by atoms with Crippen molar-refractivity contribution >= 4 is 11.9 Å². The van der Waals surface area contributed by atoms with Gasteiger partial charge in [0.25, 0.3) is 5.91 Å². The lowest BCUT2D eigenvalue weighted by Gasteiger charge is -2.22. The second kappa shape index (κ2) is 4.08. The van der Waals surface area contributed by atoms with Gasteiger partial charge >= 0.3 is 6.03 Å². The topological polar surface area (TPSA) is 81.2 Å². The van der Waals surface area contributed by atoms with Crippen LogP contribution in [0.1, 0.15) is 36.7 Å². The highest BCUT2D eigenvalue weighted by molar-refractivity contribution is 5.91. The maximum atomic E-state index is 12.3. The molecule has 1 aliphatic carbocycles. The fraction of sp³-hybridized carbons (Fsp3) is 0.615. The van der Waals surface area contributed by atoms with Crippen molar-refractivity contribution in [2.45, 2.75) is 26.2 Å². The highest BCUT2D eigenvalue weighted by atomic mass is 16.2. The Kier molecular flexibility index (Phi) is 2.62. The zero-order chi connectivity index (χ0) is 13.6. The van der Waals surface area contributed by atoms with Gasteiger partial charge in [-0.25, -0.2) is 4.79 Å². The third-order valence-electron chi connectivity index (χ3n) is 4.59. The second-order valence-corrected chi connectivity index (χ2v) is 5.92. The molecular formula is C13H18N4O2. The number of aromatic nitrogens is 2. The normalized spacial score (nSPS) is 29.5. The minimum atomic E-state index is -0.614. The molecule has 2 fully saturated rings. The molecular weight excluding hydrogens is 244 g/mol. The Morgan fingerprint density at radius 3 is 2.95 bits per heavy atom. The van der Waals surface area contributed by atoms with E-state index in [9.17, 15) is 9.59 Å². The first-order chi connectivity index (χ1) is 8.99. The Bertz CT molecular complexity index is 539. The number of primary amides is 1. The molecule has 6 heteroatoms. The van der Waals surface area contributed by atoms with E-state index in [1.165, 1.54) is 36.2 Å². The molecule has 1 saturated heterocycles. The summed E-state index contributed by atoms with van der Waals surface area (Å²) in [6.07, 6.45) is 5.15. The average molecular weight is 262 g/mol. The molecule has 3 rings (SSSR count). The predicted molar refractivity (Wildman–Crippen MR) is 68.6 cm³/mol. The lowest BCUT2D eigenvalue weighted by atomic mass is 9.83. The van der Waals surface area contributed by atoms with Crippen molar-refractivity contribution in [3.8, 4) is 0 Å². The number of rotatable bonds is 1.